The molecular formula is C28H31ClO3S. The lowest BCUT2D eigenvalue weighted by Crippen LogP contribution is -2.12. The summed E-state index contributed by atoms with van der Waals surface area (Å²) in [6, 6.07) is 21.5. The highest BCUT2D eigenvalue weighted by atomic mass is 35.5. The summed E-state index contributed by atoms with van der Waals surface area (Å²) in [5.41, 5.74) is 4.99. The molecule has 0 heterocycles. The number of hydrogen-bond acceptors (Lipinski definition) is 4. The minimum Gasteiger partial charge on any atom is -0.465 e. The smallest absolute Gasteiger partial charge is 0.337 e. The van der Waals surface area contributed by atoms with Crippen LogP contribution in [0.2, 0.25) is 5.02 Å². The minimum absolute atomic E-state index is 0.0184. The fraction of sp³-hybridized carbons (Fsp3) is 0.321. The van der Waals surface area contributed by atoms with Crippen molar-refractivity contribution in [1.29, 1.82) is 0 Å². The molecule has 0 radical (unpaired) electrons. The highest BCUT2D eigenvalue weighted by molar-refractivity contribution is 7.99. The Kier molecular flexibility index (Phi) is 9.42. The lowest BCUT2D eigenvalue weighted by atomic mass is 9.84. The van der Waals surface area contributed by atoms with Crippen molar-refractivity contribution in [3.63, 3.8) is 0 Å². The monoisotopic (exact) mass is 482 g/mol. The molecule has 1 N–H and O–H groups in total. The zero-order chi connectivity index (χ0) is 23.8. The van der Waals surface area contributed by atoms with Gasteiger partial charge in [-0.2, -0.15) is 0 Å². The second kappa shape index (κ2) is 12.3. The lowest BCUT2D eigenvalue weighted by Gasteiger charge is -2.25. The van der Waals surface area contributed by atoms with E-state index in [0.29, 0.717) is 10.6 Å². The van der Waals surface area contributed by atoms with Crippen molar-refractivity contribution in [2.75, 3.05) is 12.9 Å². The van der Waals surface area contributed by atoms with Gasteiger partial charge in [0.2, 0.25) is 0 Å². The average Bonchev–Trinajstić information content (AvgIpc) is 2.82. The molecule has 3 aromatic carbocycles. The van der Waals surface area contributed by atoms with E-state index in [-0.39, 0.29) is 11.9 Å². The number of aliphatic hydroxyl groups is 1. The van der Waals surface area contributed by atoms with Crippen molar-refractivity contribution < 1.29 is 14.6 Å². The summed E-state index contributed by atoms with van der Waals surface area (Å²) in [4.78, 5) is 12.7. The molecular weight excluding hydrogens is 452 g/mol. The van der Waals surface area contributed by atoms with Crippen molar-refractivity contribution >= 4 is 29.3 Å². The highest BCUT2D eigenvalue weighted by Gasteiger charge is 2.23. The van der Waals surface area contributed by atoms with Gasteiger partial charge in [-0.05, 0) is 91.1 Å². The molecule has 0 amide bonds. The minimum atomic E-state index is -0.582. The first-order chi connectivity index (χ1) is 15.9. The van der Waals surface area contributed by atoms with E-state index in [9.17, 15) is 9.90 Å². The van der Waals surface area contributed by atoms with E-state index in [2.05, 4.69) is 32.0 Å². The number of unbranched alkanes of at least 4 members (excludes halogenated alkanes) is 1. The fourth-order valence-corrected chi connectivity index (χ4v) is 5.00. The number of hydrogen-bond donors (Lipinski definition) is 1. The number of methoxy groups -OCH3 is 1. The second-order valence-electron chi connectivity index (χ2n) is 8.31. The van der Waals surface area contributed by atoms with Crippen LogP contribution in [0, 0.1) is 13.8 Å². The third-order valence-corrected chi connectivity index (χ3v) is 7.32. The van der Waals surface area contributed by atoms with Crippen LogP contribution in [0.3, 0.4) is 0 Å². The first-order valence-electron chi connectivity index (χ1n) is 11.2. The van der Waals surface area contributed by atoms with Crippen LogP contribution in [0.25, 0.3) is 0 Å². The molecule has 3 nitrogen and oxygen atoms in total. The van der Waals surface area contributed by atoms with E-state index in [1.165, 1.54) is 18.2 Å². The number of carbonyl (C=O) groups is 1. The Morgan fingerprint density at radius 3 is 2.39 bits per heavy atom. The Balaban J connectivity index is 1.61. The van der Waals surface area contributed by atoms with Crippen LogP contribution >= 0.6 is 23.4 Å². The molecule has 0 saturated heterocycles. The number of thioether (sulfide) groups is 1. The van der Waals surface area contributed by atoms with Crippen LogP contribution in [0.1, 0.15) is 63.9 Å². The van der Waals surface area contributed by atoms with E-state index in [1.807, 2.05) is 36.4 Å². The number of carbonyl (C=O) groups excluding carboxylic acids is 1. The maximum Gasteiger partial charge on any atom is 0.337 e. The van der Waals surface area contributed by atoms with Gasteiger partial charge in [0, 0.05) is 15.8 Å². The molecule has 174 valence electrons. The summed E-state index contributed by atoms with van der Waals surface area (Å²) in [6.07, 6.45) is 2.31. The van der Waals surface area contributed by atoms with Gasteiger partial charge in [-0.1, -0.05) is 48.4 Å². The molecule has 0 aliphatic heterocycles. The zero-order valence-electron chi connectivity index (χ0n) is 19.4. The van der Waals surface area contributed by atoms with Gasteiger partial charge in [0.15, 0.2) is 0 Å². The van der Waals surface area contributed by atoms with Gasteiger partial charge in [-0.15, -0.1) is 11.8 Å². The fourth-order valence-electron chi connectivity index (χ4n) is 3.89. The normalized spacial score (nSPS) is 12.9. The number of rotatable bonds is 10. The van der Waals surface area contributed by atoms with E-state index in [4.69, 9.17) is 16.3 Å². The molecule has 0 saturated carbocycles. The Bertz CT molecular complexity index is 1060. The van der Waals surface area contributed by atoms with Gasteiger partial charge in [-0.25, -0.2) is 4.79 Å². The van der Waals surface area contributed by atoms with E-state index in [1.54, 1.807) is 23.9 Å². The predicted octanol–water partition coefficient (Wildman–Crippen LogP) is 7.52. The standard InChI is InChI=1S/C28H31ClO3S/c1-19-10-11-23(17-20(19)2)27(30)26(22-7-6-8-24(29)18-22)9-4-5-16-33-25-14-12-21(13-15-25)28(31)32-3/h6-8,10-15,17-18,26-27,30H,4-5,9,16H2,1-3H3. The van der Waals surface area contributed by atoms with Gasteiger partial charge in [-0.3, -0.25) is 0 Å². The molecule has 33 heavy (non-hydrogen) atoms. The SMILES string of the molecule is COC(=O)c1ccc(SCCCCC(c2cccc(Cl)c2)C(O)c2ccc(C)c(C)c2)cc1. The molecule has 0 aliphatic rings. The maximum absolute atomic E-state index is 11.6. The Hall–Kier alpha value is -2.27. The van der Waals surface area contributed by atoms with Gasteiger partial charge in [0.05, 0.1) is 18.8 Å². The molecule has 0 aliphatic carbocycles. The zero-order valence-corrected chi connectivity index (χ0v) is 21.0. The highest BCUT2D eigenvalue weighted by Crippen LogP contribution is 2.37. The van der Waals surface area contributed by atoms with Gasteiger partial charge in [0.1, 0.15) is 0 Å². The third-order valence-electron chi connectivity index (χ3n) is 5.98. The van der Waals surface area contributed by atoms with E-state index in [0.717, 1.165) is 41.0 Å². The number of ether oxygens (including phenoxy) is 1. The molecule has 0 spiro atoms. The van der Waals surface area contributed by atoms with Crippen LogP contribution in [0.15, 0.2) is 71.6 Å². The summed E-state index contributed by atoms with van der Waals surface area (Å²) >= 11 is 8.03. The Morgan fingerprint density at radius 1 is 0.970 bits per heavy atom. The number of halogens is 1. The summed E-state index contributed by atoms with van der Waals surface area (Å²) in [5.74, 6) is 0.635. The summed E-state index contributed by atoms with van der Waals surface area (Å²) in [6.45, 7) is 4.16. The van der Waals surface area contributed by atoms with Crippen LogP contribution in [0.4, 0.5) is 0 Å². The summed E-state index contributed by atoms with van der Waals surface area (Å²) in [5, 5.41) is 12.0. The third kappa shape index (κ3) is 7.10. The Labute approximate surface area is 206 Å². The van der Waals surface area contributed by atoms with Crippen molar-refractivity contribution in [2.45, 2.75) is 50.0 Å². The van der Waals surface area contributed by atoms with Crippen molar-refractivity contribution in [3.8, 4) is 0 Å². The maximum atomic E-state index is 11.6. The molecule has 0 aromatic heterocycles. The van der Waals surface area contributed by atoms with E-state index >= 15 is 0 Å². The van der Waals surface area contributed by atoms with Crippen LogP contribution in [-0.4, -0.2) is 23.9 Å². The van der Waals surface area contributed by atoms with Crippen LogP contribution < -0.4 is 0 Å². The number of aryl methyl sites for hydroxylation is 2. The lowest BCUT2D eigenvalue weighted by molar-refractivity contribution is 0.0600. The largest absolute Gasteiger partial charge is 0.465 e. The van der Waals surface area contributed by atoms with Crippen molar-refractivity contribution in [1.82, 2.24) is 0 Å². The molecule has 5 heteroatoms. The average molecular weight is 483 g/mol. The second-order valence-corrected chi connectivity index (χ2v) is 9.91. The quantitative estimate of drug-likeness (QED) is 0.184. The summed E-state index contributed by atoms with van der Waals surface area (Å²) < 4.78 is 4.74. The first-order valence-corrected chi connectivity index (χ1v) is 12.6. The summed E-state index contributed by atoms with van der Waals surface area (Å²) in [7, 11) is 1.39. The molecule has 3 aromatic rings. The number of esters is 1. The van der Waals surface area contributed by atoms with Crippen molar-refractivity contribution in [2.24, 2.45) is 0 Å². The molecule has 3 rings (SSSR count). The van der Waals surface area contributed by atoms with Gasteiger partial charge >= 0.3 is 5.97 Å². The van der Waals surface area contributed by atoms with Crippen LogP contribution in [-0.2, 0) is 4.74 Å². The topological polar surface area (TPSA) is 46.5 Å². The molecule has 0 fully saturated rings. The Morgan fingerprint density at radius 2 is 1.73 bits per heavy atom. The van der Waals surface area contributed by atoms with Crippen LogP contribution in [0.5, 0.6) is 0 Å². The molecule has 2 unspecified atom stereocenters. The van der Waals surface area contributed by atoms with Gasteiger partial charge in [0.25, 0.3) is 0 Å². The predicted molar refractivity (Wildman–Crippen MR) is 137 cm³/mol. The number of benzene rings is 3. The van der Waals surface area contributed by atoms with Gasteiger partial charge < -0.3 is 9.84 Å². The molecule has 0 bridgehead atoms. The van der Waals surface area contributed by atoms with Crippen molar-refractivity contribution in [3.05, 3.63) is 99.6 Å². The van der Waals surface area contributed by atoms with E-state index < -0.39 is 6.10 Å². The number of aliphatic hydroxyl groups excluding tert-OH is 1. The first kappa shape index (κ1) is 25.4. The molecule has 2 atom stereocenters.